The number of hydrogen-bond acceptors (Lipinski definition) is 4. The molecule has 0 aromatic carbocycles. The van der Waals surface area contributed by atoms with E-state index in [9.17, 15) is 9.59 Å². The summed E-state index contributed by atoms with van der Waals surface area (Å²) in [5, 5.41) is 0. The Morgan fingerprint density at radius 2 is 1.96 bits per heavy atom. The second kappa shape index (κ2) is 4.56. The van der Waals surface area contributed by atoms with E-state index in [0.717, 1.165) is 30.6 Å². The SMILES string of the molecule is CC(C)(C)C(=O)OC1CC2CC1C1C3CC(C21)C1(COC(=O)C1)C3. The monoisotopic (exact) mass is 332 g/mol. The Hall–Kier alpha value is -1.06. The zero-order chi connectivity index (χ0) is 16.9. The first kappa shape index (κ1) is 15.2. The van der Waals surface area contributed by atoms with Crippen LogP contribution in [0.5, 0.6) is 0 Å². The summed E-state index contributed by atoms with van der Waals surface area (Å²) in [6.07, 6.45) is 5.50. The molecule has 24 heavy (non-hydrogen) atoms. The minimum Gasteiger partial charge on any atom is -0.465 e. The lowest BCUT2D eigenvalue weighted by molar-refractivity contribution is -0.164. The van der Waals surface area contributed by atoms with Crippen molar-refractivity contribution in [1.29, 1.82) is 0 Å². The molecule has 8 atom stereocenters. The Bertz CT molecular complexity index is 605. The second-order valence-corrected chi connectivity index (χ2v) is 10.3. The Kier molecular flexibility index (Phi) is 2.89. The molecule has 4 aliphatic carbocycles. The standard InChI is InChI=1S/C20H28O4/c1-19(2,3)18(22)24-14-6-10-4-12(14)16-11-5-13(17(10)16)20(7-11)8-15(21)23-9-20/h10-14,16-17H,4-9H2,1-3H3. The molecule has 1 saturated heterocycles. The van der Waals surface area contributed by atoms with Gasteiger partial charge in [0.2, 0.25) is 0 Å². The van der Waals surface area contributed by atoms with Gasteiger partial charge in [0.1, 0.15) is 6.10 Å². The molecule has 0 radical (unpaired) electrons. The summed E-state index contributed by atoms with van der Waals surface area (Å²) in [6, 6.07) is 0. The van der Waals surface area contributed by atoms with Crippen LogP contribution in [0.4, 0.5) is 0 Å². The molecule has 4 bridgehead atoms. The topological polar surface area (TPSA) is 52.6 Å². The van der Waals surface area contributed by atoms with E-state index < -0.39 is 5.41 Å². The fraction of sp³-hybridized carbons (Fsp3) is 0.900. The van der Waals surface area contributed by atoms with Gasteiger partial charge < -0.3 is 9.47 Å². The first-order valence-corrected chi connectivity index (χ1v) is 9.65. The summed E-state index contributed by atoms with van der Waals surface area (Å²) >= 11 is 0. The number of hydrogen-bond donors (Lipinski definition) is 0. The van der Waals surface area contributed by atoms with Crippen molar-refractivity contribution >= 4 is 11.9 Å². The Labute approximate surface area is 143 Å². The zero-order valence-electron chi connectivity index (χ0n) is 14.9. The lowest BCUT2D eigenvalue weighted by Gasteiger charge is -2.45. The van der Waals surface area contributed by atoms with E-state index in [1.54, 1.807) is 0 Å². The van der Waals surface area contributed by atoms with Crippen LogP contribution in [0.15, 0.2) is 0 Å². The average Bonchev–Trinajstić information content (AvgIpc) is 3.24. The number of fused-ring (bicyclic) bond motifs is 10. The Balaban J connectivity index is 1.34. The highest BCUT2D eigenvalue weighted by Gasteiger charge is 2.70. The molecule has 1 aliphatic heterocycles. The van der Waals surface area contributed by atoms with Gasteiger partial charge in [0.25, 0.3) is 0 Å². The number of esters is 2. The van der Waals surface area contributed by atoms with Crippen molar-refractivity contribution in [2.45, 2.75) is 59.0 Å². The molecular formula is C20H28O4. The van der Waals surface area contributed by atoms with Crippen LogP contribution in [0.25, 0.3) is 0 Å². The maximum absolute atomic E-state index is 12.3. The third-order valence-corrected chi connectivity index (χ3v) is 7.98. The van der Waals surface area contributed by atoms with Gasteiger partial charge in [-0.15, -0.1) is 0 Å². The molecule has 5 rings (SSSR count). The van der Waals surface area contributed by atoms with Crippen LogP contribution in [0.1, 0.15) is 52.9 Å². The van der Waals surface area contributed by atoms with Gasteiger partial charge in [0.05, 0.1) is 18.4 Å². The van der Waals surface area contributed by atoms with Crippen LogP contribution < -0.4 is 0 Å². The summed E-state index contributed by atoms with van der Waals surface area (Å²) in [6.45, 7) is 6.47. The summed E-state index contributed by atoms with van der Waals surface area (Å²) in [7, 11) is 0. The Morgan fingerprint density at radius 1 is 1.17 bits per heavy atom. The van der Waals surface area contributed by atoms with Gasteiger partial charge in [-0.2, -0.15) is 0 Å². The van der Waals surface area contributed by atoms with Gasteiger partial charge >= 0.3 is 11.9 Å². The van der Waals surface area contributed by atoms with E-state index in [2.05, 4.69) is 0 Å². The molecule has 1 spiro atoms. The Morgan fingerprint density at radius 3 is 2.62 bits per heavy atom. The highest BCUT2D eigenvalue weighted by atomic mass is 16.5. The number of cyclic esters (lactones) is 1. The quantitative estimate of drug-likeness (QED) is 0.547. The van der Waals surface area contributed by atoms with Crippen molar-refractivity contribution in [2.24, 2.45) is 46.3 Å². The molecule has 4 nitrogen and oxygen atoms in total. The highest BCUT2D eigenvalue weighted by Crippen LogP contribution is 2.73. The van der Waals surface area contributed by atoms with Crippen LogP contribution in [-0.2, 0) is 19.1 Å². The predicted octanol–water partition coefficient (Wildman–Crippen LogP) is 3.19. The van der Waals surface area contributed by atoms with Crippen molar-refractivity contribution in [3.63, 3.8) is 0 Å². The highest BCUT2D eigenvalue weighted by molar-refractivity contribution is 5.75. The first-order valence-electron chi connectivity index (χ1n) is 9.65. The van der Waals surface area contributed by atoms with Gasteiger partial charge in [-0.05, 0) is 82.0 Å². The van der Waals surface area contributed by atoms with E-state index >= 15 is 0 Å². The fourth-order valence-electron chi connectivity index (χ4n) is 7.27. The zero-order valence-corrected chi connectivity index (χ0v) is 14.9. The minimum atomic E-state index is -0.415. The molecular weight excluding hydrogens is 304 g/mol. The second-order valence-electron chi connectivity index (χ2n) is 10.3. The summed E-state index contributed by atoms with van der Waals surface area (Å²) in [5.74, 6) is 4.11. The first-order chi connectivity index (χ1) is 11.3. The van der Waals surface area contributed by atoms with Crippen LogP contribution >= 0.6 is 0 Å². The summed E-state index contributed by atoms with van der Waals surface area (Å²) < 4.78 is 11.3. The molecule has 0 aromatic rings. The smallest absolute Gasteiger partial charge is 0.311 e. The van der Waals surface area contributed by atoms with Crippen molar-refractivity contribution in [2.75, 3.05) is 6.61 Å². The third-order valence-electron chi connectivity index (χ3n) is 7.98. The number of ether oxygens (including phenoxy) is 2. The predicted molar refractivity (Wildman–Crippen MR) is 86.8 cm³/mol. The van der Waals surface area contributed by atoms with Crippen LogP contribution in [-0.4, -0.2) is 24.6 Å². The van der Waals surface area contributed by atoms with E-state index in [1.807, 2.05) is 20.8 Å². The molecule has 1 heterocycles. The van der Waals surface area contributed by atoms with Gasteiger partial charge in [0.15, 0.2) is 0 Å². The van der Waals surface area contributed by atoms with Gasteiger partial charge in [-0.3, -0.25) is 9.59 Å². The van der Waals surface area contributed by atoms with Gasteiger partial charge in [-0.25, -0.2) is 0 Å². The van der Waals surface area contributed by atoms with Crippen molar-refractivity contribution < 1.29 is 19.1 Å². The molecule has 4 saturated carbocycles. The van der Waals surface area contributed by atoms with Crippen LogP contribution in [0.3, 0.4) is 0 Å². The van der Waals surface area contributed by atoms with Crippen molar-refractivity contribution in [3.8, 4) is 0 Å². The average molecular weight is 332 g/mol. The summed E-state index contributed by atoms with van der Waals surface area (Å²) in [5.41, 5.74) is -0.257. The van der Waals surface area contributed by atoms with E-state index in [-0.39, 0.29) is 23.5 Å². The lowest BCUT2D eigenvalue weighted by Crippen LogP contribution is -2.44. The summed E-state index contributed by atoms with van der Waals surface area (Å²) in [4.78, 5) is 24.0. The minimum absolute atomic E-state index is 0.0132. The molecule has 8 unspecified atom stereocenters. The van der Waals surface area contributed by atoms with E-state index in [0.29, 0.717) is 30.8 Å². The van der Waals surface area contributed by atoms with Crippen LogP contribution in [0.2, 0.25) is 0 Å². The number of carbonyl (C=O) groups is 2. The van der Waals surface area contributed by atoms with E-state index in [4.69, 9.17) is 9.47 Å². The maximum atomic E-state index is 12.3. The molecule has 5 aliphatic rings. The fourth-order valence-corrected chi connectivity index (χ4v) is 7.27. The molecule has 4 heteroatoms. The molecule has 132 valence electrons. The van der Waals surface area contributed by atoms with Gasteiger partial charge in [0, 0.05) is 5.41 Å². The molecule has 0 aromatic heterocycles. The van der Waals surface area contributed by atoms with E-state index in [1.165, 1.54) is 12.8 Å². The largest absolute Gasteiger partial charge is 0.465 e. The number of rotatable bonds is 1. The molecule has 0 N–H and O–H groups in total. The maximum Gasteiger partial charge on any atom is 0.311 e. The normalized spacial score (nSPS) is 51.3. The number of carbonyl (C=O) groups excluding carboxylic acids is 2. The van der Waals surface area contributed by atoms with Crippen molar-refractivity contribution in [1.82, 2.24) is 0 Å². The van der Waals surface area contributed by atoms with Crippen LogP contribution in [0, 0.1) is 46.3 Å². The molecule has 0 amide bonds. The van der Waals surface area contributed by atoms with Crippen molar-refractivity contribution in [3.05, 3.63) is 0 Å². The van der Waals surface area contributed by atoms with Gasteiger partial charge in [-0.1, -0.05) is 0 Å². The third kappa shape index (κ3) is 1.86. The lowest BCUT2D eigenvalue weighted by atomic mass is 9.60. The molecule has 5 fully saturated rings.